The van der Waals surface area contributed by atoms with Crippen LogP contribution in [0.15, 0.2) is 17.3 Å². The van der Waals surface area contributed by atoms with Crippen LogP contribution in [0.5, 0.6) is 0 Å². The minimum Gasteiger partial charge on any atom is -0.338 e. The van der Waals surface area contributed by atoms with Gasteiger partial charge in [-0.05, 0) is 13.8 Å². The molecule has 1 aliphatic heterocycles. The van der Waals surface area contributed by atoms with E-state index in [4.69, 9.17) is 0 Å². The van der Waals surface area contributed by atoms with Crippen LogP contribution in [0.3, 0.4) is 0 Å². The van der Waals surface area contributed by atoms with Crippen LogP contribution in [0.4, 0.5) is 5.69 Å². The van der Waals surface area contributed by atoms with Crippen molar-refractivity contribution in [3.8, 4) is 0 Å². The molecule has 0 aliphatic carbocycles. The van der Waals surface area contributed by atoms with Gasteiger partial charge in [-0.3, -0.25) is 24.3 Å². The van der Waals surface area contributed by atoms with Gasteiger partial charge in [0, 0.05) is 33.2 Å². The van der Waals surface area contributed by atoms with Crippen LogP contribution in [0, 0.1) is 24.0 Å². The summed E-state index contributed by atoms with van der Waals surface area (Å²) in [6.45, 7) is 3.89. The van der Waals surface area contributed by atoms with E-state index in [1.54, 1.807) is 14.0 Å². The summed E-state index contributed by atoms with van der Waals surface area (Å²) in [5.74, 6) is -0.268. The number of amides is 1. The Labute approximate surface area is 161 Å². The van der Waals surface area contributed by atoms with Crippen LogP contribution < -0.4 is 0 Å². The standard InChI is InChI=1S/C15H21N7O5S/c1-11-13(22(24)25)8-17-21(11)10-15(23)19-4-6-20(7-5-19)28(26,27)14-9-16-18(3)12(14)2/h8-9H,4-7,10H2,1-3H3. The van der Waals surface area contributed by atoms with Gasteiger partial charge in [0.2, 0.25) is 15.9 Å². The molecule has 0 saturated carbocycles. The summed E-state index contributed by atoms with van der Waals surface area (Å²) < 4.78 is 29.7. The lowest BCUT2D eigenvalue weighted by Gasteiger charge is -2.34. The van der Waals surface area contributed by atoms with Crippen molar-refractivity contribution < 1.29 is 18.1 Å². The Hall–Kier alpha value is -2.80. The molecule has 28 heavy (non-hydrogen) atoms. The first-order valence-corrected chi connectivity index (χ1v) is 10.00. The highest BCUT2D eigenvalue weighted by Crippen LogP contribution is 2.21. The van der Waals surface area contributed by atoms with E-state index in [0.29, 0.717) is 11.4 Å². The molecule has 0 aromatic carbocycles. The van der Waals surface area contributed by atoms with E-state index in [0.717, 1.165) is 6.20 Å². The maximum Gasteiger partial charge on any atom is 0.309 e. The maximum atomic E-state index is 12.8. The van der Waals surface area contributed by atoms with Gasteiger partial charge in [0.1, 0.15) is 23.3 Å². The fourth-order valence-electron chi connectivity index (χ4n) is 3.05. The van der Waals surface area contributed by atoms with Gasteiger partial charge < -0.3 is 4.90 Å². The molecule has 0 spiro atoms. The molecule has 3 rings (SSSR count). The largest absolute Gasteiger partial charge is 0.338 e. The van der Waals surface area contributed by atoms with Crippen LogP contribution >= 0.6 is 0 Å². The lowest BCUT2D eigenvalue weighted by molar-refractivity contribution is -0.385. The van der Waals surface area contributed by atoms with Crippen LogP contribution in [0.25, 0.3) is 0 Å². The van der Waals surface area contributed by atoms with Gasteiger partial charge in [0.25, 0.3) is 0 Å². The summed E-state index contributed by atoms with van der Waals surface area (Å²) >= 11 is 0. The summed E-state index contributed by atoms with van der Waals surface area (Å²) in [5.41, 5.74) is 0.705. The number of rotatable bonds is 5. The first-order chi connectivity index (χ1) is 13.1. The third kappa shape index (κ3) is 3.49. The molecule has 1 fully saturated rings. The molecular weight excluding hydrogens is 390 g/mol. The van der Waals surface area contributed by atoms with E-state index in [9.17, 15) is 23.3 Å². The van der Waals surface area contributed by atoms with Crippen molar-refractivity contribution in [2.75, 3.05) is 26.2 Å². The molecule has 2 aromatic rings. The van der Waals surface area contributed by atoms with Crippen molar-refractivity contribution in [1.29, 1.82) is 0 Å². The summed E-state index contributed by atoms with van der Waals surface area (Å²) in [7, 11) is -2.00. The molecule has 0 N–H and O–H groups in total. The monoisotopic (exact) mass is 411 g/mol. The average Bonchev–Trinajstić information content (AvgIpc) is 3.18. The zero-order valence-electron chi connectivity index (χ0n) is 15.8. The van der Waals surface area contributed by atoms with Gasteiger partial charge in [-0.25, -0.2) is 8.42 Å². The van der Waals surface area contributed by atoms with Gasteiger partial charge in [-0.1, -0.05) is 0 Å². The minimum atomic E-state index is -3.67. The summed E-state index contributed by atoms with van der Waals surface area (Å²) in [4.78, 5) is 24.5. The van der Waals surface area contributed by atoms with E-state index in [2.05, 4.69) is 10.2 Å². The maximum absolute atomic E-state index is 12.8. The Balaban J connectivity index is 1.64. The topological polar surface area (TPSA) is 136 Å². The molecule has 152 valence electrons. The van der Waals surface area contributed by atoms with Crippen molar-refractivity contribution in [2.45, 2.75) is 25.3 Å². The minimum absolute atomic E-state index is 0.131. The SMILES string of the molecule is Cc1c(S(=O)(=O)N2CCN(C(=O)Cn3ncc([N+](=O)[O-])c3C)CC2)cnn1C. The van der Waals surface area contributed by atoms with Crippen molar-refractivity contribution in [2.24, 2.45) is 7.05 Å². The second kappa shape index (κ2) is 7.31. The highest BCUT2D eigenvalue weighted by Gasteiger charge is 2.32. The normalized spacial score (nSPS) is 15.8. The van der Waals surface area contributed by atoms with Crippen molar-refractivity contribution in [1.82, 2.24) is 28.8 Å². The van der Waals surface area contributed by atoms with Crippen molar-refractivity contribution in [3.05, 3.63) is 33.9 Å². The molecule has 0 radical (unpaired) electrons. The number of aryl methyl sites for hydroxylation is 1. The van der Waals surface area contributed by atoms with E-state index < -0.39 is 14.9 Å². The Morgan fingerprint density at radius 3 is 2.29 bits per heavy atom. The lowest BCUT2D eigenvalue weighted by Crippen LogP contribution is -2.51. The third-order valence-corrected chi connectivity index (χ3v) is 6.96. The number of carbonyl (C=O) groups excluding carboxylic acids is 1. The zero-order valence-corrected chi connectivity index (χ0v) is 16.6. The zero-order chi connectivity index (χ0) is 20.6. The van der Waals surface area contributed by atoms with Crippen LogP contribution in [0.2, 0.25) is 0 Å². The van der Waals surface area contributed by atoms with E-state index in [1.165, 1.54) is 31.7 Å². The second-order valence-corrected chi connectivity index (χ2v) is 8.44. The smallest absolute Gasteiger partial charge is 0.309 e. The Morgan fingerprint density at radius 2 is 1.79 bits per heavy atom. The number of hydrogen-bond donors (Lipinski definition) is 0. The first kappa shape index (κ1) is 19.9. The number of carbonyl (C=O) groups is 1. The number of sulfonamides is 1. The number of aromatic nitrogens is 4. The molecule has 0 unspecified atom stereocenters. The summed E-state index contributed by atoms with van der Waals surface area (Å²) in [6.07, 6.45) is 2.44. The Morgan fingerprint density at radius 1 is 1.14 bits per heavy atom. The molecule has 1 aliphatic rings. The van der Waals surface area contributed by atoms with Gasteiger partial charge in [-0.2, -0.15) is 14.5 Å². The fraction of sp³-hybridized carbons (Fsp3) is 0.533. The Bertz CT molecular complexity index is 1020. The number of nitrogens with zero attached hydrogens (tertiary/aromatic N) is 7. The first-order valence-electron chi connectivity index (χ1n) is 8.56. The molecular formula is C15H21N7O5S. The second-order valence-electron chi connectivity index (χ2n) is 6.53. The fourth-order valence-corrected chi connectivity index (χ4v) is 4.66. The highest BCUT2D eigenvalue weighted by atomic mass is 32.2. The third-order valence-electron chi connectivity index (χ3n) is 4.96. The van der Waals surface area contributed by atoms with Crippen LogP contribution in [-0.2, 0) is 28.4 Å². The predicted octanol–water partition coefficient (Wildman–Crippen LogP) is -0.325. The summed E-state index contributed by atoms with van der Waals surface area (Å²) in [6, 6.07) is 0. The van der Waals surface area contributed by atoms with Crippen molar-refractivity contribution >= 4 is 21.6 Å². The molecule has 13 heteroatoms. The molecule has 2 aromatic heterocycles. The van der Waals surface area contributed by atoms with E-state index in [-0.39, 0.29) is 49.2 Å². The average molecular weight is 411 g/mol. The van der Waals surface area contributed by atoms with E-state index in [1.807, 2.05) is 0 Å². The lowest BCUT2D eigenvalue weighted by atomic mass is 10.3. The number of piperazine rings is 1. The van der Waals surface area contributed by atoms with Crippen LogP contribution in [-0.4, -0.2) is 74.2 Å². The van der Waals surface area contributed by atoms with Gasteiger partial charge >= 0.3 is 5.69 Å². The molecule has 3 heterocycles. The molecule has 0 bridgehead atoms. The summed E-state index contributed by atoms with van der Waals surface area (Å²) in [5, 5.41) is 18.8. The van der Waals surface area contributed by atoms with Gasteiger partial charge in [0.15, 0.2) is 0 Å². The molecule has 1 amide bonds. The van der Waals surface area contributed by atoms with Crippen LogP contribution in [0.1, 0.15) is 11.4 Å². The van der Waals surface area contributed by atoms with Crippen molar-refractivity contribution in [3.63, 3.8) is 0 Å². The molecule has 0 atom stereocenters. The predicted molar refractivity (Wildman–Crippen MR) is 96.9 cm³/mol. The van der Waals surface area contributed by atoms with Gasteiger partial charge in [-0.15, -0.1) is 0 Å². The quantitative estimate of drug-likeness (QED) is 0.485. The number of hydrogen-bond acceptors (Lipinski definition) is 7. The molecule has 12 nitrogen and oxygen atoms in total. The highest BCUT2D eigenvalue weighted by molar-refractivity contribution is 7.89. The number of nitro groups is 1. The molecule has 1 saturated heterocycles. The Kier molecular flexibility index (Phi) is 5.21. The van der Waals surface area contributed by atoms with E-state index >= 15 is 0 Å². The van der Waals surface area contributed by atoms with Gasteiger partial charge in [0.05, 0.1) is 16.8 Å².